The highest BCUT2D eigenvalue weighted by atomic mass is 35.5. The minimum atomic E-state index is -0.350. The maximum absolute atomic E-state index is 12.7. The second-order valence-corrected chi connectivity index (χ2v) is 7.47. The first-order valence-corrected chi connectivity index (χ1v) is 9.48. The van der Waals surface area contributed by atoms with E-state index >= 15 is 0 Å². The number of fused-ring (bicyclic) bond motifs is 1. The minimum absolute atomic E-state index is 0.301. The number of carbonyl (C=O) groups is 1. The van der Waals surface area contributed by atoms with Gasteiger partial charge in [0.25, 0.3) is 5.91 Å². The zero-order chi connectivity index (χ0) is 19.8. The molecule has 0 aliphatic carbocycles. The van der Waals surface area contributed by atoms with Crippen LogP contribution in [-0.2, 0) is 0 Å². The predicted octanol–water partition coefficient (Wildman–Crippen LogP) is 7.02. The van der Waals surface area contributed by atoms with Gasteiger partial charge in [-0.2, -0.15) is 0 Å². The van der Waals surface area contributed by atoms with Gasteiger partial charge in [0.05, 0.1) is 10.6 Å². The number of hydrogen-bond donors (Lipinski definition) is 1. The zero-order valence-electron chi connectivity index (χ0n) is 14.6. The molecular formula is C21H13Cl3N2O2. The van der Waals surface area contributed by atoms with Crippen LogP contribution in [0.5, 0.6) is 0 Å². The summed E-state index contributed by atoms with van der Waals surface area (Å²) >= 11 is 18.1. The molecule has 0 aliphatic heterocycles. The Hall–Kier alpha value is -2.53. The van der Waals surface area contributed by atoms with Crippen LogP contribution in [-0.4, -0.2) is 10.9 Å². The van der Waals surface area contributed by atoms with Gasteiger partial charge in [0.1, 0.15) is 5.52 Å². The Kier molecular flexibility index (Phi) is 5.02. The van der Waals surface area contributed by atoms with Crippen molar-refractivity contribution in [1.29, 1.82) is 0 Å². The number of amides is 1. The molecule has 1 amide bonds. The van der Waals surface area contributed by atoms with Gasteiger partial charge in [-0.1, -0.05) is 40.9 Å². The van der Waals surface area contributed by atoms with Crippen molar-refractivity contribution in [2.75, 3.05) is 5.32 Å². The largest absolute Gasteiger partial charge is 0.436 e. The van der Waals surface area contributed by atoms with E-state index in [1.54, 1.807) is 36.4 Å². The molecule has 0 spiro atoms. The Balaban J connectivity index is 1.70. The Morgan fingerprint density at radius 1 is 1.00 bits per heavy atom. The fraction of sp³-hybridized carbons (Fsp3) is 0.0476. The minimum Gasteiger partial charge on any atom is -0.436 e. The Labute approximate surface area is 176 Å². The van der Waals surface area contributed by atoms with Gasteiger partial charge in [-0.15, -0.1) is 0 Å². The van der Waals surface area contributed by atoms with Crippen molar-refractivity contribution in [3.8, 4) is 11.5 Å². The van der Waals surface area contributed by atoms with Gasteiger partial charge in [0.2, 0.25) is 5.89 Å². The summed E-state index contributed by atoms with van der Waals surface area (Å²) in [4.78, 5) is 17.2. The third-order valence-electron chi connectivity index (χ3n) is 4.34. The van der Waals surface area contributed by atoms with Crippen molar-refractivity contribution in [2.45, 2.75) is 6.92 Å². The highest BCUT2D eigenvalue weighted by molar-refractivity contribution is 6.36. The molecule has 0 unspecified atom stereocenters. The van der Waals surface area contributed by atoms with Gasteiger partial charge in [-0.3, -0.25) is 4.79 Å². The number of nitrogens with zero attached hydrogens (tertiary/aromatic N) is 1. The summed E-state index contributed by atoms with van der Waals surface area (Å²) in [7, 11) is 0. The van der Waals surface area contributed by atoms with Crippen LogP contribution in [0.25, 0.3) is 22.6 Å². The Morgan fingerprint density at radius 2 is 1.75 bits per heavy atom. The van der Waals surface area contributed by atoms with Gasteiger partial charge in [0, 0.05) is 21.3 Å². The fourth-order valence-corrected chi connectivity index (χ4v) is 3.42. The number of hydrogen-bond acceptors (Lipinski definition) is 3. The van der Waals surface area contributed by atoms with Crippen molar-refractivity contribution in [3.05, 3.63) is 80.8 Å². The van der Waals surface area contributed by atoms with Crippen LogP contribution in [0, 0.1) is 6.92 Å². The normalized spacial score (nSPS) is 11.0. The lowest BCUT2D eigenvalue weighted by molar-refractivity contribution is 0.102. The lowest BCUT2D eigenvalue weighted by atomic mass is 10.1. The molecule has 0 atom stereocenters. The molecule has 4 rings (SSSR count). The summed E-state index contributed by atoms with van der Waals surface area (Å²) in [5, 5.41) is 4.22. The van der Waals surface area contributed by atoms with E-state index in [1.165, 1.54) is 6.07 Å². The molecule has 140 valence electrons. The molecule has 4 aromatic rings. The monoisotopic (exact) mass is 430 g/mol. The molecule has 0 aliphatic rings. The quantitative estimate of drug-likeness (QED) is 0.379. The summed E-state index contributed by atoms with van der Waals surface area (Å²) in [5.41, 5.74) is 3.81. The number of nitrogens with one attached hydrogen (secondary N) is 1. The van der Waals surface area contributed by atoms with Crippen LogP contribution < -0.4 is 5.32 Å². The van der Waals surface area contributed by atoms with Crippen LogP contribution in [0.4, 0.5) is 5.69 Å². The lowest BCUT2D eigenvalue weighted by Gasteiger charge is -2.12. The highest BCUT2D eigenvalue weighted by Crippen LogP contribution is 2.32. The van der Waals surface area contributed by atoms with Crippen LogP contribution in [0.15, 0.2) is 59.0 Å². The number of benzene rings is 3. The van der Waals surface area contributed by atoms with Crippen LogP contribution in [0.3, 0.4) is 0 Å². The summed E-state index contributed by atoms with van der Waals surface area (Å²) in [6.07, 6.45) is 0. The van der Waals surface area contributed by atoms with Crippen LogP contribution in [0.1, 0.15) is 15.9 Å². The maximum Gasteiger partial charge on any atom is 0.257 e. The molecule has 0 radical (unpaired) electrons. The van der Waals surface area contributed by atoms with E-state index in [9.17, 15) is 4.79 Å². The lowest BCUT2D eigenvalue weighted by Crippen LogP contribution is -2.13. The van der Waals surface area contributed by atoms with E-state index in [-0.39, 0.29) is 5.91 Å². The van der Waals surface area contributed by atoms with Crippen molar-refractivity contribution in [1.82, 2.24) is 4.98 Å². The Bertz CT molecular complexity index is 1220. The molecule has 0 fully saturated rings. The summed E-state index contributed by atoms with van der Waals surface area (Å²) in [5.74, 6) is 0.101. The Morgan fingerprint density at radius 3 is 2.57 bits per heavy atom. The van der Waals surface area contributed by atoms with Crippen molar-refractivity contribution >= 4 is 57.5 Å². The predicted molar refractivity (Wildman–Crippen MR) is 114 cm³/mol. The van der Waals surface area contributed by atoms with Gasteiger partial charge in [-0.05, 0) is 61.0 Å². The summed E-state index contributed by atoms with van der Waals surface area (Å²) < 4.78 is 5.85. The molecular weight excluding hydrogens is 419 g/mol. The second kappa shape index (κ2) is 7.47. The van der Waals surface area contributed by atoms with Gasteiger partial charge < -0.3 is 9.73 Å². The van der Waals surface area contributed by atoms with Crippen molar-refractivity contribution < 1.29 is 9.21 Å². The van der Waals surface area contributed by atoms with E-state index in [0.29, 0.717) is 43.3 Å². The number of oxazole rings is 1. The first-order valence-electron chi connectivity index (χ1n) is 8.35. The smallest absolute Gasteiger partial charge is 0.257 e. The zero-order valence-corrected chi connectivity index (χ0v) is 16.9. The molecule has 0 bridgehead atoms. The van der Waals surface area contributed by atoms with Gasteiger partial charge >= 0.3 is 0 Å². The van der Waals surface area contributed by atoms with E-state index in [4.69, 9.17) is 39.2 Å². The van der Waals surface area contributed by atoms with E-state index < -0.39 is 0 Å². The molecule has 1 N–H and O–H groups in total. The molecule has 3 aromatic carbocycles. The first-order chi connectivity index (χ1) is 13.4. The van der Waals surface area contributed by atoms with E-state index in [0.717, 1.165) is 11.1 Å². The highest BCUT2D eigenvalue weighted by Gasteiger charge is 2.16. The number of anilines is 1. The fourth-order valence-electron chi connectivity index (χ4n) is 2.88. The molecule has 0 saturated heterocycles. The third-order valence-corrected chi connectivity index (χ3v) is 5.13. The molecule has 1 heterocycles. The summed E-state index contributed by atoms with van der Waals surface area (Å²) in [6, 6.07) is 15.5. The van der Waals surface area contributed by atoms with Crippen LogP contribution >= 0.6 is 34.8 Å². The SMILES string of the molecule is Cc1c(NC(=O)c2cc(Cl)ccc2Cl)cccc1-c1nc2cc(Cl)ccc2o1. The average molecular weight is 432 g/mol. The molecule has 0 saturated carbocycles. The van der Waals surface area contributed by atoms with Crippen molar-refractivity contribution in [3.63, 3.8) is 0 Å². The van der Waals surface area contributed by atoms with E-state index in [1.807, 2.05) is 19.1 Å². The number of halogens is 3. The second-order valence-electron chi connectivity index (χ2n) is 6.19. The topological polar surface area (TPSA) is 55.1 Å². The number of aromatic nitrogens is 1. The number of rotatable bonds is 3. The molecule has 28 heavy (non-hydrogen) atoms. The maximum atomic E-state index is 12.7. The van der Waals surface area contributed by atoms with Crippen molar-refractivity contribution in [2.24, 2.45) is 0 Å². The molecule has 4 nitrogen and oxygen atoms in total. The standard InChI is InChI=1S/C21H13Cl3N2O2/c1-11-14(21-26-18-10-13(23)6-8-19(18)28-21)3-2-4-17(11)25-20(27)15-9-12(22)5-7-16(15)24/h2-10H,1H3,(H,25,27). The van der Waals surface area contributed by atoms with E-state index in [2.05, 4.69) is 10.3 Å². The average Bonchev–Trinajstić information content (AvgIpc) is 3.08. The molecule has 1 aromatic heterocycles. The van der Waals surface area contributed by atoms with Gasteiger partial charge in [-0.25, -0.2) is 4.98 Å². The third kappa shape index (κ3) is 3.59. The van der Waals surface area contributed by atoms with Gasteiger partial charge in [0.15, 0.2) is 5.58 Å². The first kappa shape index (κ1) is 18.8. The van der Waals surface area contributed by atoms with Crippen LogP contribution in [0.2, 0.25) is 15.1 Å². The summed E-state index contributed by atoms with van der Waals surface area (Å²) in [6.45, 7) is 1.88. The molecule has 7 heteroatoms. The number of carbonyl (C=O) groups excluding carboxylic acids is 1.